The summed E-state index contributed by atoms with van der Waals surface area (Å²) >= 11 is 0. The number of ether oxygens (including phenoxy) is 1. The second-order valence-electron chi connectivity index (χ2n) is 5.06. The average Bonchev–Trinajstić information content (AvgIpc) is 2.75. The molecule has 3 rings (SSSR count). The predicted molar refractivity (Wildman–Crippen MR) is 74.4 cm³/mol. The Morgan fingerprint density at radius 2 is 1.95 bits per heavy atom. The second kappa shape index (κ2) is 4.70. The van der Waals surface area contributed by atoms with Gasteiger partial charge in [0.1, 0.15) is 5.69 Å². The van der Waals surface area contributed by atoms with Crippen molar-refractivity contribution in [2.45, 2.75) is 6.92 Å². The van der Waals surface area contributed by atoms with Gasteiger partial charge >= 0.3 is 0 Å². The molecule has 4 nitrogen and oxygen atoms in total. The molecule has 0 radical (unpaired) electrons. The van der Waals surface area contributed by atoms with E-state index in [9.17, 15) is 4.79 Å². The number of benzene rings is 1. The molecule has 0 spiro atoms. The minimum absolute atomic E-state index is 0.0969. The van der Waals surface area contributed by atoms with Crippen molar-refractivity contribution in [2.24, 2.45) is 7.05 Å². The Morgan fingerprint density at radius 3 is 2.68 bits per heavy atom. The summed E-state index contributed by atoms with van der Waals surface area (Å²) in [6.45, 7) is 4.69. The van der Waals surface area contributed by atoms with Crippen LogP contribution in [-0.2, 0) is 11.8 Å². The van der Waals surface area contributed by atoms with Gasteiger partial charge in [-0.25, -0.2) is 0 Å². The second-order valence-corrected chi connectivity index (χ2v) is 5.06. The Bertz CT molecular complexity index is 624. The molecule has 1 amide bonds. The third kappa shape index (κ3) is 2.12. The SMILES string of the molecule is Cc1ccc2c(c1)cc(C(=O)N1CCOCC1)n2C. The van der Waals surface area contributed by atoms with Crippen molar-refractivity contribution in [1.29, 1.82) is 0 Å². The first kappa shape index (κ1) is 12.2. The zero-order valence-electron chi connectivity index (χ0n) is 11.3. The van der Waals surface area contributed by atoms with Crippen molar-refractivity contribution >= 4 is 16.8 Å². The van der Waals surface area contributed by atoms with E-state index in [1.807, 2.05) is 22.6 Å². The van der Waals surface area contributed by atoms with Gasteiger partial charge in [0.25, 0.3) is 5.91 Å². The van der Waals surface area contributed by atoms with Crippen LogP contribution in [0.3, 0.4) is 0 Å². The summed E-state index contributed by atoms with van der Waals surface area (Å²) in [5.74, 6) is 0.0969. The molecule has 4 heteroatoms. The fourth-order valence-electron chi connectivity index (χ4n) is 2.60. The Labute approximate surface area is 112 Å². The number of morpholine rings is 1. The molecule has 2 heterocycles. The zero-order chi connectivity index (χ0) is 13.4. The van der Waals surface area contributed by atoms with Crippen LogP contribution in [0.15, 0.2) is 24.3 Å². The minimum atomic E-state index is 0.0969. The molecule has 1 aromatic heterocycles. The lowest BCUT2D eigenvalue weighted by atomic mass is 10.2. The van der Waals surface area contributed by atoms with E-state index in [0.29, 0.717) is 26.3 Å². The van der Waals surface area contributed by atoms with E-state index in [2.05, 4.69) is 25.1 Å². The first-order chi connectivity index (χ1) is 9.16. The number of fused-ring (bicyclic) bond motifs is 1. The van der Waals surface area contributed by atoms with Gasteiger partial charge in [-0.3, -0.25) is 4.79 Å². The minimum Gasteiger partial charge on any atom is -0.378 e. The highest BCUT2D eigenvalue weighted by Gasteiger charge is 2.21. The highest BCUT2D eigenvalue weighted by molar-refractivity contribution is 5.98. The van der Waals surface area contributed by atoms with E-state index < -0.39 is 0 Å². The third-order valence-electron chi connectivity index (χ3n) is 3.72. The zero-order valence-corrected chi connectivity index (χ0v) is 11.3. The highest BCUT2D eigenvalue weighted by atomic mass is 16.5. The summed E-state index contributed by atoms with van der Waals surface area (Å²) in [6, 6.07) is 8.25. The van der Waals surface area contributed by atoms with Crippen molar-refractivity contribution in [3.8, 4) is 0 Å². The number of aromatic nitrogens is 1. The standard InChI is InChI=1S/C15H18N2O2/c1-11-3-4-13-12(9-11)10-14(16(13)2)15(18)17-5-7-19-8-6-17/h3-4,9-10H,5-8H2,1-2H3. The van der Waals surface area contributed by atoms with Gasteiger partial charge in [-0.2, -0.15) is 0 Å². The van der Waals surface area contributed by atoms with E-state index in [1.165, 1.54) is 5.56 Å². The van der Waals surface area contributed by atoms with E-state index in [0.717, 1.165) is 16.6 Å². The molecule has 0 unspecified atom stereocenters. The van der Waals surface area contributed by atoms with Crippen LogP contribution in [0.4, 0.5) is 0 Å². The van der Waals surface area contributed by atoms with Gasteiger partial charge in [-0.05, 0) is 25.1 Å². The Balaban J connectivity index is 2.00. The molecule has 2 aromatic rings. The van der Waals surface area contributed by atoms with Gasteiger partial charge in [0.15, 0.2) is 0 Å². The van der Waals surface area contributed by atoms with Gasteiger partial charge in [0.2, 0.25) is 0 Å². The number of amides is 1. The maximum atomic E-state index is 12.5. The van der Waals surface area contributed by atoms with Crippen molar-refractivity contribution in [2.75, 3.05) is 26.3 Å². The maximum Gasteiger partial charge on any atom is 0.270 e. The quantitative estimate of drug-likeness (QED) is 0.783. The largest absolute Gasteiger partial charge is 0.378 e. The number of hydrogen-bond acceptors (Lipinski definition) is 2. The summed E-state index contributed by atoms with van der Waals surface area (Å²) < 4.78 is 7.27. The lowest BCUT2D eigenvalue weighted by molar-refractivity contribution is 0.0297. The molecule has 1 aromatic carbocycles. The molecule has 1 aliphatic heterocycles. The number of nitrogens with zero attached hydrogens (tertiary/aromatic N) is 2. The summed E-state index contributed by atoms with van der Waals surface area (Å²) in [5, 5.41) is 1.12. The Kier molecular flexibility index (Phi) is 3.03. The van der Waals surface area contributed by atoms with E-state index >= 15 is 0 Å². The number of rotatable bonds is 1. The lowest BCUT2D eigenvalue weighted by Gasteiger charge is -2.26. The molecule has 0 atom stereocenters. The maximum absolute atomic E-state index is 12.5. The predicted octanol–water partition coefficient (Wildman–Crippen LogP) is 1.96. The number of aryl methyl sites for hydroxylation is 2. The van der Waals surface area contributed by atoms with Crippen LogP contribution >= 0.6 is 0 Å². The monoisotopic (exact) mass is 258 g/mol. The van der Waals surface area contributed by atoms with Crippen LogP contribution in [0.25, 0.3) is 10.9 Å². The van der Waals surface area contributed by atoms with Crippen molar-refractivity contribution in [3.63, 3.8) is 0 Å². The summed E-state index contributed by atoms with van der Waals surface area (Å²) in [5.41, 5.74) is 3.06. The van der Waals surface area contributed by atoms with E-state index in [-0.39, 0.29) is 5.91 Å². The number of carbonyl (C=O) groups is 1. The van der Waals surface area contributed by atoms with Crippen LogP contribution < -0.4 is 0 Å². The Morgan fingerprint density at radius 1 is 1.21 bits per heavy atom. The van der Waals surface area contributed by atoms with Gasteiger partial charge in [0.05, 0.1) is 13.2 Å². The van der Waals surface area contributed by atoms with Gasteiger partial charge in [0, 0.05) is 31.0 Å². The molecule has 0 saturated carbocycles. The summed E-state index contributed by atoms with van der Waals surface area (Å²) in [4.78, 5) is 14.4. The number of hydrogen-bond donors (Lipinski definition) is 0. The summed E-state index contributed by atoms with van der Waals surface area (Å²) in [6.07, 6.45) is 0. The van der Waals surface area contributed by atoms with Crippen LogP contribution in [0.1, 0.15) is 16.1 Å². The average molecular weight is 258 g/mol. The molecule has 100 valence electrons. The molecular formula is C15H18N2O2. The van der Waals surface area contributed by atoms with E-state index in [4.69, 9.17) is 4.74 Å². The lowest BCUT2D eigenvalue weighted by Crippen LogP contribution is -2.41. The van der Waals surface area contributed by atoms with Gasteiger partial charge in [-0.1, -0.05) is 11.6 Å². The molecule has 1 fully saturated rings. The normalized spacial score (nSPS) is 16.0. The first-order valence-electron chi connectivity index (χ1n) is 6.60. The van der Waals surface area contributed by atoms with Crippen molar-refractivity contribution < 1.29 is 9.53 Å². The molecule has 0 aliphatic carbocycles. The molecule has 19 heavy (non-hydrogen) atoms. The smallest absolute Gasteiger partial charge is 0.270 e. The van der Waals surface area contributed by atoms with Crippen LogP contribution in [0.2, 0.25) is 0 Å². The third-order valence-corrected chi connectivity index (χ3v) is 3.72. The van der Waals surface area contributed by atoms with Crippen LogP contribution in [0, 0.1) is 6.92 Å². The van der Waals surface area contributed by atoms with Gasteiger partial charge in [-0.15, -0.1) is 0 Å². The molecule has 1 saturated heterocycles. The van der Waals surface area contributed by atoms with Gasteiger partial charge < -0.3 is 14.2 Å². The topological polar surface area (TPSA) is 34.5 Å². The molecule has 0 bridgehead atoms. The number of carbonyl (C=O) groups excluding carboxylic acids is 1. The molecular weight excluding hydrogens is 240 g/mol. The van der Waals surface area contributed by atoms with Crippen LogP contribution in [-0.4, -0.2) is 41.7 Å². The van der Waals surface area contributed by atoms with Crippen molar-refractivity contribution in [3.05, 3.63) is 35.5 Å². The van der Waals surface area contributed by atoms with Crippen LogP contribution in [0.5, 0.6) is 0 Å². The first-order valence-corrected chi connectivity index (χ1v) is 6.60. The fraction of sp³-hybridized carbons (Fsp3) is 0.400. The molecule has 1 aliphatic rings. The highest BCUT2D eigenvalue weighted by Crippen LogP contribution is 2.21. The molecule has 0 N–H and O–H groups in total. The fourth-order valence-corrected chi connectivity index (χ4v) is 2.60. The Hall–Kier alpha value is -1.81. The van der Waals surface area contributed by atoms with Crippen molar-refractivity contribution in [1.82, 2.24) is 9.47 Å². The van der Waals surface area contributed by atoms with E-state index in [1.54, 1.807) is 0 Å². The summed E-state index contributed by atoms with van der Waals surface area (Å²) in [7, 11) is 1.95.